The second kappa shape index (κ2) is 5.89. The summed E-state index contributed by atoms with van der Waals surface area (Å²) in [4.78, 5) is 0. The molecule has 1 aromatic rings. The summed E-state index contributed by atoms with van der Waals surface area (Å²) in [5.41, 5.74) is 1.15. The van der Waals surface area contributed by atoms with Crippen LogP contribution in [0, 0.1) is 0 Å². The molecule has 0 nitrogen and oxygen atoms in total. The van der Waals surface area contributed by atoms with Crippen molar-refractivity contribution in [2.75, 3.05) is 0 Å². The van der Waals surface area contributed by atoms with Crippen molar-refractivity contribution in [1.29, 1.82) is 0 Å². The molecule has 0 unspecified atom stereocenters. The molecular formula is C11H9Br3. The Bertz CT molecular complexity index is 349. The molecular weight excluding hydrogens is 372 g/mol. The fraction of sp³-hybridized carbons (Fsp3) is 0.0909. The Morgan fingerprint density at radius 3 is 2.29 bits per heavy atom. The van der Waals surface area contributed by atoms with Crippen molar-refractivity contribution in [1.82, 2.24) is 0 Å². The lowest BCUT2D eigenvalue weighted by atomic mass is 10.2. The molecule has 1 aromatic carbocycles. The Hall–Kier alpha value is 0.140. The molecule has 14 heavy (non-hydrogen) atoms. The molecule has 0 aliphatic carbocycles. The van der Waals surface area contributed by atoms with Gasteiger partial charge >= 0.3 is 0 Å². The van der Waals surface area contributed by atoms with Crippen LogP contribution in [0.4, 0.5) is 0 Å². The molecule has 0 fully saturated rings. The highest BCUT2D eigenvalue weighted by molar-refractivity contribution is 9.16. The maximum absolute atomic E-state index is 3.70. The summed E-state index contributed by atoms with van der Waals surface area (Å²) in [5, 5.41) is 0. The van der Waals surface area contributed by atoms with Crippen LogP contribution in [-0.4, -0.2) is 0 Å². The predicted octanol–water partition coefficient (Wildman–Crippen LogP) is 5.48. The summed E-state index contributed by atoms with van der Waals surface area (Å²) in [6, 6.07) is 8.15. The minimum atomic E-state index is 0.830. The van der Waals surface area contributed by atoms with E-state index >= 15 is 0 Å². The maximum Gasteiger partial charge on any atom is 0.0352 e. The molecule has 0 radical (unpaired) electrons. The van der Waals surface area contributed by atoms with E-state index in [1.165, 1.54) is 0 Å². The molecule has 0 aliphatic rings. The van der Waals surface area contributed by atoms with Gasteiger partial charge in [0.05, 0.1) is 0 Å². The topological polar surface area (TPSA) is 0 Å². The van der Waals surface area contributed by atoms with Gasteiger partial charge in [-0.2, -0.15) is 0 Å². The van der Waals surface area contributed by atoms with Crippen LogP contribution in [-0.2, 0) is 0 Å². The minimum absolute atomic E-state index is 0.830. The molecule has 0 amide bonds. The zero-order valence-corrected chi connectivity index (χ0v) is 12.2. The van der Waals surface area contributed by atoms with Gasteiger partial charge in [0, 0.05) is 13.4 Å². The molecule has 3 heteroatoms. The summed E-state index contributed by atoms with van der Waals surface area (Å²) in [6.07, 6.45) is 2.70. The van der Waals surface area contributed by atoms with Crippen molar-refractivity contribution in [3.05, 3.63) is 51.4 Å². The highest BCUT2D eigenvalue weighted by atomic mass is 79.9. The molecule has 1 rings (SSSR count). The van der Waals surface area contributed by atoms with E-state index in [9.17, 15) is 0 Å². The number of halogens is 3. The summed E-state index contributed by atoms with van der Waals surface area (Å²) in [7, 11) is 0. The average molecular weight is 381 g/mol. The van der Waals surface area contributed by atoms with Crippen LogP contribution in [0.5, 0.6) is 0 Å². The molecule has 0 heterocycles. The third-order valence-electron chi connectivity index (χ3n) is 1.66. The van der Waals surface area contributed by atoms with Crippen molar-refractivity contribution in [3.63, 3.8) is 0 Å². The first-order chi connectivity index (χ1) is 6.65. The van der Waals surface area contributed by atoms with Crippen LogP contribution in [0.3, 0.4) is 0 Å². The van der Waals surface area contributed by atoms with Crippen LogP contribution in [0.1, 0.15) is 12.0 Å². The van der Waals surface area contributed by atoms with Crippen molar-refractivity contribution in [3.8, 4) is 0 Å². The summed E-state index contributed by atoms with van der Waals surface area (Å²) >= 11 is 10.5. The van der Waals surface area contributed by atoms with Gasteiger partial charge in [-0.25, -0.2) is 0 Å². The van der Waals surface area contributed by atoms with Crippen molar-refractivity contribution in [2.45, 2.75) is 6.42 Å². The van der Waals surface area contributed by atoms with Gasteiger partial charge in [0.15, 0.2) is 0 Å². The lowest BCUT2D eigenvalue weighted by molar-refractivity contribution is 1.39. The highest BCUT2D eigenvalue weighted by Crippen LogP contribution is 2.31. The van der Waals surface area contributed by atoms with E-state index in [4.69, 9.17) is 0 Å². The Labute approximate surface area is 109 Å². The Balaban J connectivity index is 2.99. The standard InChI is InChI=1S/C11H9Br3/c1-2-3-10(13)11(14)8-4-6-9(12)7-5-8/h2,4-7H,1,3H2/b11-10-. The van der Waals surface area contributed by atoms with Crippen LogP contribution in [0.15, 0.2) is 45.9 Å². The van der Waals surface area contributed by atoms with Crippen LogP contribution in [0.2, 0.25) is 0 Å². The van der Waals surface area contributed by atoms with E-state index in [2.05, 4.69) is 66.5 Å². The van der Waals surface area contributed by atoms with Gasteiger partial charge in [-0.05, 0) is 40.0 Å². The number of hydrogen-bond donors (Lipinski definition) is 0. The zero-order chi connectivity index (χ0) is 10.6. The highest BCUT2D eigenvalue weighted by Gasteiger charge is 2.02. The second-order valence-electron chi connectivity index (χ2n) is 2.72. The zero-order valence-electron chi connectivity index (χ0n) is 7.43. The van der Waals surface area contributed by atoms with E-state index in [0.717, 1.165) is 25.4 Å². The van der Waals surface area contributed by atoms with Crippen LogP contribution >= 0.6 is 47.8 Å². The summed E-state index contributed by atoms with van der Waals surface area (Å²) < 4.78 is 3.26. The number of benzene rings is 1. The first-order valence-electron chi connectivity index (χ1n) is 4.06. The van der Waals surface area contributed by atoms with Crippen molar-refractivity contribution in [2.24, 2.45) is 0 Å². The Morgan fingerprint density at radius 2 is 1.79 bits per heavy atom. The van der Waals surface area contributed by atoms with E-state index in [1.54, 1.807) is 0 Å². The number of hydrogen-bond acceptors (Lipinski definition) is 0. The largest absolute Gasteiger partial charge is 0.103 e. The smallest absolute Gasteiger partial charge is 0.0352 e. The number of rotatable bonds is 3. The normalized spacial score (nSPS) is 12.2. The molecule has 0 saturated heterocycles. The predicted molar refractivity (Wildman–Crippen MR) is 73.7 cm³/mol. The maximum atomic E-state index is 3.70. The van der Waals surface area contributed by atoms with Crippen molar-refractivity contribution >= 4 is 52.3 Å². The Kier molecular flexibility index (Phi) is 5.13. The molecule has 0 aromatic heterocycles. The van der Waals surface area contributed by atoms with E-state index in [-0.39, 0.29) is 0 Å². The SMILES string of the molecule is C=CC/C(Br)=C(/Br)c1ccc(Br)cc1. The van der Waals surface area contributed by atoms with E-state index in [1.807, 2.05) is 18.2 Å². The van der Waals surface area contributed by atoms with Gasteiger partial charge in [0.2, 0.25) is 0 Å². The van der Waals surface area contributed by atoms with Gasteiger partial charge < -0.3 is 0 Å². The minimum Gasteiger partial charge on any atom is -0.103 e. The molecule has 0 bridgehead atoms. The second-order valence-corrected chi connectivity index (χ2v) is 5.38. The third-order valence-corrected chi connectivity index (χ3v) is 4.38. The fourth-order valence-electron chi connectivity index (χ4n) is 0.969. The monoisotopic (exact) mass is 378 g/mol. The van der Waals surface area contributed by atoms with Gasteiger partial charge in [0.25, 0.3) is 0 Å². The molecule has 0 atom stereocenters. The number of allylic oxidation sites excluding steroid dienone is 2. The van der Waals surface area contributed by atoms with E-state index in [0.29, 0.717) is 0 Å². The van der Waals surface area contributed by atoms with Crippen molar-refractivity contribution < 1.29 is 0 Å². The van der Waals surface area contributed by atoms with Gasteiger partial charge in [-0.15, -0.1) is 6.58 Å². The first-order valence-corrected chi connectivity index (χ1v) is 6.44. The van der Waals surface area contributed by atoms with Gasteiger partial charge in [-0.3, -0.25) is 0 Å². The quantitative estimate of drug-likeness (QED) is 0.609. The van der Waals surface area contributed by atoms with Gasteiger partial charge in [0.1, 0.15) is 0 Å². The van der Waals surface area contributed by atoms with Gasteiger partial charge in [-0.1, -0.05) is 50.1 Å². The molecule has 74 valence electrons. The van der Waals surface area contributed by atoms with Crippen LogP contribution in [0.25, 0.3) is 4.48 Å². The lowest BCUT2D eigenvalue weighted by Gasteiger charge is -2.03. The molecule has 0 saturated carbocycles. The molecule has 0 N–H and O–H groups in total. The van der Waals surface area contributed by atoms with E-state index < -0.39 is 0 Å². The van der Waals surface area contributed by atoms with Crippen LogP contribution < -0.4 is 0 Å². The lowest BCUT2D eigenvalue weighted by Crippen LogP contribution is -1.79. The first kappa shape index (κ1) is 12.2. The summed E-state index contributed by atoms with van der Waals surface area (Å²) in [6.45, 7) is 3.70. The molecule has 0 spiro atoms. The fourth-order valence-corrected chi connectivity index (χ4v) is 2.12. The Morgan fingerprint density at radius 1 is 1.21 bits per heavy atom. The average Bonchev–Trinajstić information content (AvgIpc) is 2.18. The summed E-state index contributed by atoms with van der Waals surface area (Å²) in [5.74, 6) is 0. The third kappa shape index (κ3) is 3.37. The molecule has 0 aliphatic heterocycles.